The van der Waals surface area contributed by atoms with Gasteiger partial charge in [-0.2, -0.15) is 0 Å². The van der Waals surface area contributed by atoms with E-state index in [1.54, 1.807) is 6.08 Å². The highest BCUT2D eigenvalue weighted by Crippen LogP contribution is 2.09. The van der Waals surface area contributed by atoms with Crippen LogP contribution in [-0.4, -0.2) is 25.5 Å². The molecule has 1 unspecified atom stereocenters. The molecule has 1 aliphatic heterocycles. The highest BCUT2D eigenvalue weighted by atomic mass is 35.5. The minimum absolute atomic E-state index is 0. The van der Waals surface area contributed by atoms with Crippen LogP contribution < -0.4 is 10.6 Å². The molecule has 1 amide bonds. The van der Waals surface area contributed by atoms with Gasteiger partial charge in [0, 0.05) is 13.1 Å². The van der Waals surface area contributed by atoms with Crippen molar-refractivity contribution in [3.05, 3.63) is 12.7 Å². The van der Waals surface area contributed by atoms with Crippen LogP contribution in [0.4, 0.5) is 0 Å². The first kappa shape index (κ1) is 12.5. The van der Waals surface area contributed by atoms with Crippen molar-refractivity contribution in [2.75, 3.05) is 19.6 Å². The van der Waals surface area contributed by atoms with Gasteiger partial charge in [0.1, 0.15) is 0 Å². The van der Waals surface area contributed by atoms with Crippen molar-refractivity contribution in [1.82, 2.24) is 10.6 Å². The van der Waals surface area contributed by atoms with Gasteiger partial charge in [-0.3, -0.25) is 4.79 Å². The van der Waals surface area contributed by atoms with Crippen LogP contribution in [0.3, 0.4) is 0 Å². The Kier molecular flexibility index (Phi) is 6.63. The van der Waals surface area contributed by atoms with Gasteiger partial charge >= 0.3 is 0 Å². The molecular formula is C9H17ClN2O. The van der Waals surface area contributed by atoms with Gasteiger partial charge in [-0.1, -0.05) is 6.08 Å². The highest BCUT2D eigenvalue weighted by Gasteiger charge is 2.19. The molecule has 4 heteroatoms. The Hall–Kier alpha value is -0.540. The number of hydrogen-bond donors (Lipinski definition) is 2. The van der Waals surface area contributed by atoms with E-state index in [0.717, 1.165) is 25.9 Å². The Balaban J connectivity index is 0.00000144. The maximum atomic E-state index is 11.4. The van der Waals surface area contributed by atoms with Gasteiger partial charge in [0.05, 0.1) is 5.92 Å². The molecule has 0 aromatic rings. The minimum Gasteiger partial charge on any atom is -0.352 e. The summed E-state index contributed by atoms with van der Waals surface area (Å²) in [5, 5.41) is 6.01. The van der Waals surface area contributed by atoms with Crippen LogP contribution in [0.2, 0.25) is 0 Å². The quantitative estimate of drug-likeness (QED) is 0.665. The van der Waals surface area contributed by atoms with Crippen molar-refractivity contribution in [2.24, 2.45) is 5.92 Å². The lowest BCUT2D eigenvalue weighted by Gasteiger charge is -2.21. The number of halogens is 1. The molecule has 1 saturated heterocycles. The summed E-state index contributed by atoms with van der Waals surface area (Å²) in [6, 6.07) is 0. The van der Waals surface area contributed by atoms with Crippen molar-refractivity contribution in [2.45, 2.75) is 12.8 Å². The second-order valence-electron chi connectivity index (χ2n) is 3.08. The molecule has 0 saturated carbocycles. The molecule has 1 heterocycles. The van der Waals surface area contributed by atoms with Crippen LogP contribution >= 0.6 is 12.4 Å². The third-order valence-electron chi connectivity index (χ3n) is 2.09. The standard InChI is InChI=1S/C9H16N2O.ClH/c1-2-5-11-9(12)8-4-3-6-10-7-8;/h2,8,10H,1,3-7H2,(H,11,12);1H. The van der Waals surface area contributed by atoms with E-state index in [1.165, 1.54) is 0 Å². The third kappa shape index (κ3) is 4.29. The van der Waals surface area contributed by atoms with Gasteiger partial charge < -0.3 is 10.6 Å². The molecule has 3 nitrogen and oxygen atoms in total. The summed E-state index contributed by atoms with van der Waals surface area (Å²) in [6.07, 6.45) is 3.82. The smallest absolute Gasteiger partial charge is 0.224 e. The Morgan fingerprint density at radius 1 is 1.69 bits per heavy atom. The first-order chi connectivity index (χ1) is 5.84. The Labute approximate surface area is 85.4 Å². The molecular weight excluding hydrogens is 188 g/mol. The van der Waals surface area contributed by atoms with Crippen molar-refractivity contribution < 1.29 is 4.79 Å². The number of carbonyl (C=O) groups excluding carboxylic acids is 1. The highest BCUT2D eigenvalue weighted by molar-refractivity contribution is 5.85. The molecule has 76 valence electrons. The summed E-state index contributed by atoms with van der Waals surface area (Å²) in [5.41, 5.74) is 0. The Morgan fingerprint density at radius 2 is 2.46 bits per heavy atom. The monoisotopic (exact) mass is 204 g/mol. The number of hydrogen-bond acceptors (Lipinski definition) is 2. The summed E-state index contributed by atoms with van der Waals surface area (Å²) in [4.78, 5) is 11.4. The maximum absolute atomic E-state index is 11.4. The lowest BCUT2D eigenvalue weighted by atomic mass is 9.99. The molecule has 1 aliphatic rings. The zero-order valence-electron chi connectivity index (χ0n) is 7.71. The average Bonchev–Trinajstić information content (AvgIpc) is 2.15. The molecule has 0 aliphatic carbocycles. The summed E-state index contributed by atoms with van der Waals surface area (Å²) in [7, 11) is 0. The summed E-state index contributed by atoms with van der Waals surface area (Å²) in [6.45, 7) is 6.00. The second-order valence-corrected chi connectivity index (χ2v) is 3.08. The lowest BCUT2D eigenvalue weighted by Crippen LogP contribution is -2.40. The van der Waals surface area contributed by atoms with Crippen LogP contribution in [-0.2, 0) is 4.79 Å². The summed E-state index contributed by atoms with van der Waals surface area (Å²) >= 11 is 0. The largest absolute Gasteiger partial charge is 0.352 e. The molecule has 0 bridgehead atoms. The fourth-order valence-corrected chi connectivity index (χ4v) is 1.39. The van der Waals surface area contributed by atoms with Gasteiger partial charge in [-0.05, 0) is 19.4 Å². The van der Waals surface area contributed by atoms with Crippen LogP contribution in [0.15, 0.2) is 12.7 Å². The zero-order valence-corrected chi connectivity index (χ0v) is 8.53. The Morgan fingerprint density at radius 3 is 3.00 bits per heavy atom. The minimum atomic E-state index is 0. The van der Waals surface area contributed by atoms with Crippen molar-refractivity contribution in [3.63, 3.8) is 0 Å². The van der Waals surface area contributed by atoms with E-state index in [-0.39, 0.29) is 24.2 Å². The van der Waals surface area contributed by atoms with Gasteiger partial charge in [-0.25, -0.2) is 0 Å². The summed E-state index contributed by atoms with van der Waals surface area (Å²) in [5.74, 6) is 0.320. The van der Waals surface area contributed by atoms with E-state index in [9.17, 15) is 4.79 Å². The van der Waals surface area contributed by atoms with E-state index in [4.69, 9.17) is 0 Å². The normalized spacial score (nSPS) is 21.4. The molecule has 2 N–H and O–H groups in total. The van der Waals surface area contributed by atoms with Gasteiger partial charge in [0.15, 0.2) is 0 Å². The van der Waals surface area contributed by atoms with Crippen LogP contribution in [0.25, 0.3) is 0 Å². The first-order valence-corrected chi connectivity index (χ1v) is 4.44. The number of piperidine rings is 1. The van der Waals surface area contributed by atoms with Crippen molar-refractivity contribution >= 4 is 18.3 Å². The Bertz CT molecular complexity index is 167. The average molecular weight is 205 g/mol. The summed E-state index contributed by atoms with van der Waals surface area (Å²) < 4.78 is 0. The number of rotatable bonds is 3. The van der Waals surface area contributed by atoms with Crippen LogP contribution in [0.1, 0.15) is 12.8 Å². The molecule has 1 fully saturated rings. The van der Waals surface area contributed by atoms with E-state index in [0.29, 0.717) is 6.54 Å². The number of carbonyl (C=O) groups is 1. The molecule has 0 radical (unpaired) electrons. The maximum Gasteiger partial charge on any atom is 0.224 e. The molecule has 1 rings (SSSR count). The van der Waals surface area contributed by atoms with E-state index in [1.807, 2.05) is 0 Å². The van der Waals surface area contributed by atoms with E-state index < -0.39 is 0 Å². The third-order valence-corrected chi connectivity index (χ3v) is 2.09. The van der Waals surface area contributed by atoms with Gasteiger partial charge in [0.2, 0.25) is 5.91 Å². The SMILES string of the molecule is C=CCNC(=O)C1CCCNC1.Cl. The lowest BCUT2D eigenvalue weighted by molar-refractivity contribution is -0.125. The van der Waals surface area contributed by atoms with Gasteiger partial charge in [-0.15, -0.1) is 19.0 Å². The fraction of sp³-hybridized carbons (Fsp3) is 0.667. The van der Waals surface area contributed by atoms with E-state index in [2.05, 4.69) is 17.2 Å². The topological polar surface area (TPSA) is 41.1 Å². The number of nitrogens with one attached hydrogen (secondary N) is 2. The molecule has 0 aromatic carbocycles. The van der Waals surface area contributed by atoms with E-state index >= 15 is 0 Å². The van der Waals surface area contributed by atoms with Crippen molar-refractivity contribution in [3.8, 4) is 0 Å². The second kappa shape index (κ2) is 6.92. The van der Waals surface area contributed by atoms with Crippen molar-refractivity contribution in [1.29, 1.82) is 0 Å². The molecule has 0 spiro atoms. The zero-order chi connectivity index (χ0) is 8.81. The van der Waals surface area contributed by atoms with Gasteiger partial charge in [0.25, 0.3) is 0 Å². The predicted molar refractivity (Wildman–Crippen MR) is 56.0 cm³/mol. The van der Waals surface area contributed by atoms with Crippen LogP contribution in [0, 0.1) is 5.92 Å². The molecule has 13 heavy (non-hydrogen) atoms. The first-order valence-electron chi connectivity index (χ1n) is 4.44. The molecule has 1 atom stereocenters. The predicted octanol–water partition coefficient (Wildman–Crippen LogP) is 0.710. The molecule has 0 aromatic heterocycles. The number of amides is 1. The van der Waals surface area contributed by atoms with Crippen LogP contribution in [0.5, 0.6) is 0 Å². The fourth-order valence-electron chi connectivity index (χ4n) is 1.39.